The molecule has 1 aromatic rings. The van der Waals surface area contributed by atoms with Crippen molar-refractivity contribution in [2.24, 2.45) is 0 Å². The van der Waals surface area contributed by atoms with Crippen LogP contribution in [0.25, 0.3) is 0 Å². The van der Waals surface area contributed by atoms with Crippen LogP contribution in [0.1, 0.15) is 11.4 Å². The Balaban J connectivity index is 3.28. The maximum Gasteiger partial charge on any atom is 0.436 e. The summed E-state index contributed by atoms with van der Waals surface area (Å²) in [7, 11) is 0. The lowest BCUT2D eigenvalue weighted by Gasteiger charge is -2.00. The monoisotopic (exact) mass is 199 g/mol. The van der Waals surface area contributed by atoms with Crippen molar-refractivity contribution >= 4 is 11.6 Å². The van der Waals surface area contributed by atoms with Crippen LogP contribution in [0.15, 0.2) is 0 Å². The van der Waals surface area contributed by atoms with Gasteiger partial charge in [-0.2, -0.15) is 18.0 Å². The lowest BCUT2D eigenvalue weighted by molar-refractivity contribution is -0.141. The zero-order valence-electron chi connectivity index (χ0n) is 5.98. The van der Waals surface area contributed by atoms with E-state index in [-0.39, 0.29) is 5.69 Å². The summed E-state index contributed by atoms with van der Waals surface area (Å²) in [5.74, 6) is 5.06. The maximum absolute atomic E-state index is 12.0. The van der Waals surface area contributed by atoms with Gasteiger partial charge in [0.25, 0.3) is 0 Å². The lowest BCUT2D eigenvalue weighted by atomic mass is 10.3. The first kappa shape index (κ1) is 9.18. The van der Waals surface area contributed by atoms with Gasteiger partial charge in [-0.15, -0.1) is 5.10 Å². The lowest BCUT2D eigenvalue weighted by Crippen LogP contribution is -2.14. The molecule has 1 rings (SSSR count). The van der Waals surface area contributed by atoms with Gasteiger partial charge in [0, 0.05) is 0 Å². The van der Waals surface area contributed by atoms with E-state index >= 15 is 0 Å². The van der Waals surface area contributed by atoms with E-state index in [0.717, 1.165) is 0 Å². The molecule has 0 saturated heterocycles. The molecule has 0 fully saturated rings. The summed E-state index contributed by atoms with van der Waals surface area (Å²) in [6, 6.07) is 0. The highest BCUT2D eigenvalue weighted by Crippen LogP contribution is 2.34. The van der Waals surface area contributed by atoms with Crippen LogP contribution in [0, 0.1) is 6.92 Å². The van der Waals surface area contributed by atoms with E-state index in [2.05, 4.69) is 5.10 Å². The Hall–Kier alpha value is -0.910. The largest absolute Gasteiger partial charge is 0.436 e. The second-order valence-electron chi connectivity index (χ2n) is 2.19. The van der Waals surface area contributed by atoms with Crippen molar-refractivity contribution in [1.82, 2.24) is 9.89 Å². The number of aromatic nitrogens is 2. The molecule has 0 aliphatic heterocycles. The molecule has 68 valence electrons. The third-order valence-corrected chi connectivity index (χ3v) is 1.80. The predicted octanol–water partition coefficient (Wildman–Crippen LogP) is 1.58. The summed E-state index contributed by atoms with van der Waals surface area (Å²) in [6.07, 6.45) is -4.55. The number of hydrogen-bond acceptors (Lipinski definition) is 2. The molecule has 2 N–H and O–H groups in total. The van der Waals surface area contributed by atoms with Gasteiger partial charge in [0.1, 0.15) is 0 Å². The van der Waals surface area contributed by atoms with Crippen LogP contribution in [0.5, 0.6) is 0 Å². The molecular weight excluding hydrogens is 195 g/mol. The fourth-order valence-corrected chi connectivity index (χ4v) is 0.911. The molecule has 0 unspecified atom stereocenters. The fourth-order valence-electron chi connectivity index (χ4n) is 0.680. The van der Waals surface area contributed by atoms with Crippen molar-refractivity contribution in [2.75, 3.05) is 5.84 Å². The number of nitrogens with two attached hydrogens (primary N) is 1. The zero-order valence-corrected chi connectivity index (χ0v) is 6.74. The predicted molar refractivity (Wildman–Crippen MR) is 37.1 cm³/mol. The van der Waals surface area contributed by atoms with Crippen molar-refractivity contribution in [2.45, 2.75) is 13.1 Å². The van der Waals surface area contributed by atoms with Gasteiger partial charge < -0.3 is 5.84 Å². The number of halogens is 4. The van der Waals surface area contributed by atoms with Gasteiger partial charge in [0.05, 0.1) is 10.7 Å². The molecule has 12 heavy (non-hydrogen) atoms. The molecule has 1 heterocycles. The summed E-state index contributed by atoms with van der Waals surface area (Å²) in [6.45, 7) is 1.35. The van der Waals surface area contributed by atoms with E-state index in [0.29, 0.717) is 4.79 Å². The van der Waals surface area contributed by atoms with Crippen LogP contribution in [-0.4, -0.2) is 9.89 Å². The third kappa shape index (κ3) is 1.34. The molecule has 0 spiro atoms. The number of hydrogen-bond donors (Lipinski definition) is 1. The van der Waals surface area contributed by atoms with Gasteiger partial charge in [0.2, 0.25) is 0 Å². The maximum atomic E-state index is 12.0. The molecule has 3 nitrogen and oxygen atoms in total. The molecule has 0 aliphatic rings. The summed E-state index contributed by atoms with van der Waals surface area (Å²) < 4.78 is 36.1. The first-order valence-corrected chi connectivity index (χ1v) is 3.29. The van der Waals surface area contributed by atoms with Crippen LogP contribution in [-0.2, 0) is 6.18 Å². The SMILES string of the molecule is Cc1c(Cl)c(C(F)(F)F)nn1N. The standard InChI is InChI=1S/C5H5ClF3N3/c1-2-3(6)4(5(7,8)9)11-12(2)10/h10H2,1H3. The molecule has 0 radical (unpaired) electrons. The third-order valence-electron chi connectivity index (χ3n) is 1.35. The first-order valence-electron chi connectivity index (χ1n) is 2.91. The summed E-state index contributed by atoms with van der Waals surface area (Å²) in [4.78, 5) is 0.602. The average Bonchev–Trinajstić information content (AvgIpc) is 2.15. The molecule has 0 bridgehead atoms. The minimum absolute atomic E-state index is 0.0870. The molecule has 0 amide bonds. The Morgan fingerprint density at radius 1 is 1.50 bits per heavy atom. The molecule has 7 heteroatoms. The number of rotatable bonds is 0. The Kier molecular flexibility index (Phi) is 1.95. The minimum Gasteiger partial charge on any atom is -0.323 e. The van der Waals surface area contributed by atoms with Crippen molar-refractivity contribution < 1.29 is 13.2 Å². The van der Waals surface area contributed by atoms with E-state index in [1.54, 1.807) is 0 Å². The van der Waals surface area contributed by atoms with Crippen molar-refractivity contribution in [3.63, 3.8) is 0 Å². The van der Waals surface area contributed by atoms with Crippen LogP contribution in [0.4, 0.5) is 13.2 Å². The summed E-state index contributed by atoms with van der Waals surface area (Å²) in [5, 5.41) is 2.56. The molecule has 0 aliphatic carbocycles. The second kappa shape index (κ2) is 2.55. The average molecular weight is 200 g/mol. The van der Waals surface area contributed by atoms with E-state index < -0.39 is 16.9 Å². The van der Waals surface area contributed by atoms with Crippen LogP contribution in [0.2, 0.25) is 5.02 Å². The van der Waals surface area contributed by atoms with E-state index in [1.807, 2.05) is 0 Å². The Morgan fingerprint density at radius 2 is 2.00 bits per heavy atom. The van der Waals surface area contributed by atoms with Crippen LogP contribution < -0.4 is 5.84 Å². The highest BCUT2D eigenvalue weighted by atomic mass is 35.5. The molecule has 1 aromatic heterocycles. The van der Waals surface area contributed by atoms with Gasteiger partial charge in [-0.25, -0.2) is 0 Å². The van der Waals surface area contributed by atoms with E-state index in [1.165, 1.54) is 6.92 Å². The van der Waals surface area contributed by atoms with Crippen molar-refractivity contribution in [3.05, 3.63) is 16.4 Å². The number of nitrogens with zero attached hydrogens (tertiary/aromatic N) is 2. The smallest absolute Gasteiger partial charge is 0.323 e. The molecule has 0 aromatic carbocycles. The van der Waals surface area contributed by atoms with E-state index in [9.17, 15) is 13.2 Å². The van der Waals surface area contributed by atoms with Gasteiger partial charge in [0.15, 0.2) is 5.69 Å². The fraction of sp³-hybridized carbons (Fsp3) is 0.400. The Morgan fingerprint density at radius 3 is 2.17 bits per heavy atom. The highest BCUT2D eigenvalue weighted by molar-refractivity contribution is 6.31. The van der Waals surface area contributed by atoms with Crippen molar-refractivity contribution in [3.8, 4) is 0 Å². The summed E-state index contributed by atoms with van der Waals surface area (Å²) >= 11 is 5.32. The van der Waals surface area contributed by atoms with Gasteiger partial charge >= 0.3 is 6.18 Å². The van der Waals surface area contributed by atoms with Crippen LogP contribution in [0.3, 0.4) is 0 Å². The normalized spacial score (nSPS) is 12.1. The Bertz CT molecular complexity index is 304. The topological polar surface area (TPSA) is 43.8 Å². The zero-order chi connectivity index (χ0) is 9.52. The van der Waals surface area contributed by atoms with Crippen molar-refractivity contribution in [1.29, 1.82) is 0 Å². The number of alkyl halides is 3. The quantitative estimate of drug-likeness (QED) is 0.645. The minimum atomic E-state index is -4.55. The number of nitrogen functional groups attached to an aromatic ring is 1. The van der Waals surface area contributed by atoms with Gasteiger partial charge in [-0.3, -0.25) is 0 Å². The molecule has 0 atom stereocenters. The van der Waals surface area contributed by atoms with Crippen LogP contribution >= 0.6 is 11.6 Å². The van der Waals surface area contributed by atoms with Gasteiger partial charge in [-0.1, -0.05) is 11.6 Å². The highest BCUT2D eigenvalue weighted by Gasteiger charge is 2.37. The van der Waals surface area contributed by atoms with Gasteiger partial charge in [-0.05, 0) is 6.92 Å². The second-order valence-corrected chi connectivity index (χ2v) is 2.57. The van der Waals surface area contributed by atoms with E-state index in [4.69, 9.17) is 17.4 Å². The Labute approximate surface area is 70.9 Å². The summed E-state index contributed by atoms with van der Waals surface area (Å²) in [5.41, 5.74) is -1.06. The molecular formula is C5H5ClF3N3. The molecule has 0 saturated carbocycles. The first-order chi connectivity index (χ1) is 5.34.